The largest absolute Gasteiger partial charge is 0.465 e. The fourth-order valence-electron chi connectivity index (χ4n) is 1.51. The van der Waals surface area contributed by atoms with Gasteiger partial charge >= 0.3 is 5.97 Å². The van der Waals surface area contributed by atoms with Gasteiger partial charge in [-0.2, -0.15) is 0 Å². The van der Waals surface area contributed by atoms with Crippen LogP contribution in [0, 0.1) is 5.92 Å². The SMILES string of the molecule is COC(=O)c1ccc(C(=O)NNC(=O)C2CC2)cc1. The Labute approximate surface area is 110 Å². The lowest BCUT2D eigenvalue weighted by atomic mass is 10.1. The first kappa shape index (κ1) is 13.1. The number of carbonyl (C=O) groups is 3. The van der Waals surface area contributed by atoms with Crippen LogP contribution in [0.4, 0.5) is 0 Å². The first-order valence-corrected chi connectivity index (χ1v) is 5.90. The molecule has 0 aromatic heterocycles. The fraction of sp³-hybridized carbons (Fsp3) is 0.308. The average molecular weight is 262 g/mol. The molecule has 100 valence electrons. The lowest BCUT2D eigenvalue weighted by molar-refractivity contribution is -0.123. The third-order valence-corrected chi connectivity index (χ3v) is 2.82. The molecule has 2 amide bonds. The third kappa shape index (κ3) is 3.31. The molecule has 0 heterocycles. The van der Waals surface area contributed by atoms with E-state index in [9.17, 15) is 14.4 Å². The predicted molar refractivity (Wildman–Crippen MR) is 66.1 cm³/mol. The number of hydrazine groups is 1. The molecule has 0 unspecified atom stereocenters. The molecule has 0 aliphatic heterocycles. The van der Waals surface area contributed by atoms with Gasteiger partial charge in [0.1, 0.15) is 0 Å². The molecule has 19 heavy (non-hydrogen) atoms. The normalized spacial score (nSPS) is 13.5. The number of methoxy groups -OCH3 is 1. The molecule has 0 spiro atoms. The quantitative estimate of drug-likeness (QED) is 0.618. The number of ether oxygens (including phenoxy) is 1. The lowest BCUT2D eigenvalue weighted by Crippen LogP contribution is -2.42. The maximum absolute atomic E-state index is 11.7. The van der Waals surface area contributed by atoms with Gasteiger partial charge in [-0.05, 0) is 37.1 Å². The van der Waals surface area contributed by atoms with E-state index in [1.807, 2.05) is 0 Å². The number of hydrogen-bond donors (Lipinski definition) is 2. The molecule has 0 saturated heterocycles. The molecule has 1 aliphatic rings. The number of benzene rings is 1. The van der Waals surface area contributed by atoms with Gasteiger partial charge in [0.15, 0.2) is 0 Å². The summed E-state index contributed by atoms with van der Waals surface area (Å²) in [4.78, 5) is 34.2. The van der Waals surface area contributed by atoms with Gasteiger partial charge in [-0.25, -0.2) is 4.79 Å². The molecular formula is C13H14N2O4. The van der Waals surface area contributed by atoms with Crippen molar-refractivity contribution in [3.05, 3.63) is 35.4 Å². The van der Waals surface area contributed by atoms with E-state index >= 15 is 0 Å². The number of nitrogens with one attached hydrogen (secondary N) is 2. The summed E-state index contributed by atoms with van der Waals surface area (Å²) in [6.07, 6.45) is 1.74. The zero-order valence-electron chi connectivity index (χ0n) is 10.4. The van der Waals surface area contributed by atoms with Crippen molar-refractivity contribution in [2.75, 3.05) is 7.11 Å². The molecule has 6 nitrogen and oxygen atoms in total. The van der Waals surface area contributed by atoms with Crippen LogP contribution in [-0.4, -0.2) is 24.9 Å². The maximum atomic E-state index is 11.7. The Bertz CT molecular complexity index is 506. The van der Waals surface area contributed by atoms with Gasteiger partial charge in [0.2, 0.25) is 5.91 Å². The highest BCUT2D eigenvalue weighted by Crippen LogP contribution is 2.28. The Morgan fingerprint density at radius 2 is 1.63 bits per heavy atom. The lowest BCUT2D eigenvalue weighted by Gasteiger charge is -2.07. The van der Waals surface area contributed by atoms with Crippen LogP contribution in [0.5, 0.6) is 0 Å². The zero-order valence-corrected chi connectivity index (χ0v) is 10.4. The Balaban J connectivity index is 1.91. The van der Waals surface area contributed by atoms with E-state index in [2.05, 4.69) is 15.6 Å². The summed E-state index contributed by atoms with van der Waals surface area (Å²) >= 11 is 0. The molecule has 1 aliphatic carbocycles. The van der Waals surface area contributed by atoms with Crippen LogP contribution in [0.1, 0.15) is 33.6 Å². The summed E-state index contributed by atoms with van der Waals surface area (Å²) in [5.74, 6) is -1.03. The summed E-state index contributed by atoms with van der Waals surface area (Å²) in [5, 5.41) is 0. The summed E-state index contributed by atoms with van der Waals surface area (Å²) in [5.41, 5.74) is 5.40. The molecule has 2 rings (SSSR count). The van der Waals surface area contributed by atoms with Crippen LogP contribution in [0.3, 0.4) is 0 Å². The number of rotatable bonds is 3. The van der Waals surface area contributed by atoms with E-state index in [4.69, 9.17) is 0 Å². The van der Waals surface area contributed by atoms with E-state index in [-0.39, 0.29) is 11.8 Å². The van der Waals surface area contributed by atoms with E-state index in [0.717, 1.165) is 12.8 Å². The van der Waals surface area contributed by atoms with Crippen molar-refractivity contribution in [3.8, 4) is 0 Å². The van der Waals surface area contributed by atoms with Gasteiger partial charge in [-0.15, -0.1) is 0 Å². The minimum atomic E-state index is -0.464. The van der Waals surface area contributed by atoms with Crippen molar-refractivity contribution in [2.45, 2.75) is 12.8 Å². The van der Waals surface area contributed by atoms with Crippen LogP contribution >= 0.6 is 0 Å². The highest BCUT2D eigenvalue weighted by Gasteiger charge is 2.29. The van der Waals surface area contributed by atoms with Crippen LogP contribution in [-0.2, 0) is 9.53 Å². The van der Waals surface area contributed by atoms with Gasteiger partial charge in [0.25, 0.3) is 5.91 Å². The van der Waals surface area contributed by atoms with E-state index < -0.39 is 11.9 Å². The van der Waals surface area contributed by atoms with Crippen molar-refractivity contribution in [2.24, 2.45) is 5.92 Å². The second-order valence-corrected chi connectivity index (χ2v) is 4.29. The Kier molecular flexibility index (Phi) is 3.79. The Morgan fingerprint density at radius 1 is 1.05 bits per heavy atom. The first-order chi connectivity index (χ1) is 9.11. The fourth-order valence-corrected chi connectivity index (χ4v) is 1.51. The van der Waals surface area contributed by atoms with E-state index in [0.29, 0.717) is 11.1 Å². The maximum Gasteiger partial charge on any atom is 0.337 e. The minimum absolute atomic E-state index is 0.0296. The highest BCUT2D eigenvalue weighted by molar-refractivity contribution is 5.97. The average Bonchev–Trinajstić information content (AvgIpc) is 3.28. The molecule has 0 atom stereocenters. The molecule has 0 radical (unpaired) electrons. The summed E-state index contributed by atoms with van der Waals surface area (Å²) in [6.45, 7) is 0. The second-order valence-electron chi connectivity index (χ2n) is 4.29. The molecule has 1 saturated carbocycles. The highest BCUT2D eigenvalue weighted by atomic mass is 16.5. The van der Waals surface area contributed by atoms with Crippen LogP contribution in [0.25, 0.3) is 0 Å². The molecule has 1 aromatic carbocycles. The monoisotopic (exact) mass is 262 g/mol. The Hall–Kier alpha value is -2.37. The number of esters is 1. The van der Waals surface area contributed by atoms with Crippen molar-refractivity contribution in [3.63, 3.8) is 0 Å². The van der Waals surface area contributed by atoms with E-state index in [1.165, 1.54) is 31.4 Å². The molecule has 2 N–H and O–H groups in total. The van der Waals surface area contributed by atoms with Gasteiger partial charge in [-0.1, -0.05) is 0 Å². The smallest absolute Gasteiger partial charge is 0.337 e. The number of amides is 2. The van der Waals surface area contributed by atoms with Crippen LogP contribution in [0.15, 0.2) is 24.3 Å². The van der Waals surface area contributed by atoms with Crippen LogP contribution < -0.4 is 10.9 Å². The number of hydrogen-bond acceptors (Lipinski definition) is 4. The zero-order chi connectivity index (χ0) is 13.8. The molecular weight excluding hydrogens is 248 g/mol. The molecule has 1 fully saturated rings. The molecule has 1 aromatic rings. The Morgan fingerprint density at radius 3 is 2.16 bits per heavy atom. The standard InChI is InChI=1S/C13H14N2O4/c1-19-13(18)10-6-4-9(5-7-10)12(17)15-14-11(16)8-2-3-8/h4-8H,2-3H2,1H3,(H,14,16)(H,15,17). The predicted octanol–water partition coefficient (Wildman–Crippen LogP) is 0.644. The summed E-state index contributed by atoms with van der Waals surface area (Å²) in [7, 11) is 1.29. The summed E-state index contributed by atoms with van der Waals surface area (Å²) in [6, 6.07) is 5.96. The van der Waals surface area contributed by atoms with Gasteiger partial charge in [0, 0.05) is 11.5 Å². The molecule has 0 bridgehead atoms. The van der Waals surface area contributed by atoms with Crippen molar-refractivity contribution < 1.29 is 19.1 Å². The summed E-state index contributed by atoms with van der Waals surface area (Å²) < 4.78 is 4.55. The first-order valence-electron chi connectivity index (χ1n) is 5.90. The molecule has 6 heteroatoms. The van der Waals surface area contributed by atoms with Gasteiger partial charge in [-0.3, -0.25) is 20.4 Å². The topological polar surface area (TPSA) is 84.5 Å². The second kappa shape index (κ2) is 5.51. The van der Waals surface area contributed by atoms with Crippen molar-refractivity contribution in [1.29, 1.82) is 0 Å². The van der Waals surface area contributed by atoms with E-state index in [1.54, 1.807) is 0 Å². The van der Waals surface area contributed by atoms with Gasteiger partial charge < -0.3 is 4.74 Å². The van der Waals surface area contributed by atoms with Gasteiger partial charge in [0.05, 0.1) is 12.7 Å². The van der Waals surface area contributed by atoms with Crippen molar-refractivity contribution in [1.82, 2.24) is 10.9 Å². The third-order valence-electron chi connectivity index (χ3n) is 2.82. The van der Waals surface area contributed by atoms with Crippen molar-refractivity contribution >= 4 is 17.8 Å². The number of carbonyl (C=O) groups excluding carboxylic acids is 3. The van der Waals surface area contributed by atoms with Crippen LogP contribution in [0.2, 0.25) is 0 Å². The minimum Gasteiger partial charge on any atom is -0.465 e.